The number of hydrogen-bond donors (Lipinski definition) is 6. The zero-order valence-corrected chi connectivity index (χ0v) is 41.4. The zero-order chi connectivity index (χ0) is 48.0. The highest BCUT2D eigenvalue weighted by Crippen LogP contribution is 2.22. The van der Waals surface area contributed by atoms with Crippen LogP contribution in [0.2, 0.25) is 0 Å². The van der Waals surface area contributed by atoms with Crippen LogP contribution in [0.5, 0.6) is 0 Å². The van der Waals surface area contributed by atoms with Crippen LogP contribution in [0, 0.1) is 0 Å². The Bertz CT molecular complexity index is 1390. The zero-order valence-electron chi connectivity index (χ0n) is 41.4. The van der Waals surface area contributed by atoms with Crippen LogP contribution in [0.4, 0.5) is 0 Å². The van der Waals surface area contributed by atoms with Gasteiger partial charge in [-0.25, -0.2) is 0 Å². The standard InChI is InChI=1S/C57H95NO8/c1-3-5-7-9-11-13-15-16-17-18-19-20-21-22-23-24-25-26-27-28-29-30-31-32-33-34-35-36-37-39-41-43-45-47-53(61)58-50(49-65-57-56(64)55(63)54(62)52(48-59)66-57)51(60)46-44-42-40-38-14-12-10-8-6-4-2/h5,7,11,13-14,16-17,19-20,22-23,25-26,28-29,38,44,46,50-52,54-57,59-60,62-64H,3-4,6,8-10,12,15,18,21,24,27,30-37,39-43,45,47-49H2,1-2H3,(H,58,61)/b7-5-,13-11-,17-16-,20-19-,23-22-,26-25-,29-28-,38-14+,46-44+. The Hall–Kier alpha value is -3.15. The molecule has 0 bridgehead atoms. The van der Waals surface area contributed by atoms with Crippen molar-refractivity contribution in [1.82, 2.24) is 5.32 Å². The Morgan fingerprint density at radius 2 is 0.955 bits per heavy atom. The summed E-state index contributed by atoms with van der Waals surface area (Å²) in [4.78, 5) is 13.0. The maximum atomic E-state index is 13.0. The minimum atomic E-state index is -1.58. The second kappa shape index (κ2) is 45.6. The summed E-state index contributed by atoms with van der Waals surface area (Å²) in [6.45, 7) is 3.58. The Balaban J connectivity index is 2.17. The molecule has 1 saturated heterocycles. The first-order chi connectivity index (χ1) is 32.3. The number of rotatable bonds is 42. The van der Waals surface area contributed by atoms with Crippen molar-refractivity contribution in [3.63, 3.8) is 0 Å². The van der Waals surface area contributed by atoms with Gasteiger partial charge in [0.15, 0.2) is 6.29 Å². The molecule has 1 fully saturated rings. The van der Waals surface area contributed by atoms with Crippen molar-refractivity contribution in [2.75, 3.05) is 13.2 Å². The number of aliphatic hydroxyl groups excluding tert-OH is 5. The highest BCUT2D eigenvalue weighted by Gasteiger charge is 2.44. The van der Waals surface area contributed by atoms with E-state index in [1.54, 1.807) is 6.08 Å². The summed E-state index contributed by atoms with van der Waals surface area (Å²) in [5, 5.41) is 54.1. The molecule has 1 rings (SSSR count). The number of carbonyl (C=O) groups excluding carboxylic acids is 1. The molecule has 376 valence electrons. The summed E-state index contributed by atoms with van der Waals surface area (Å²) >= 11 is 0. The van der Waals surface area contributed by atoms with E-state index in [1.165, 1.54) is 70.6 Å². The largest absolute Gasteiger partial charge is 0.394 e. The van der Waals surface area contributed by atoms with Gasteiger partial charge in [0.05, 0.1) is 25.4 Å². The second-order valence-electron chi connectivity index (χ2n) is 17.6. The lowest BCUT2D eigenvalue weighted by Crippen LogP contribution is -2.60. The predicted molar refractivity (Wildman–Crippen MR) is 276 cm³/mol. The van der Waals surface area contributed by atoms with E-state index < -0.39 is 49.5 Å². The fourth-order valence-corrected chi connectivity index (χ4v) is 7.44. The number of carbonyl (C=O) groups is 1. The summed E-state index contributed by atoms with van der Waals surface area (Å²) in [6.07, 6.45) is 60.2. The van der Waals surface area contributed by atoms with Crippen molar-refractivity contribution in [2.24, 2.45) is 0 Å². The molecule has 9 nitrogen and oxygen atoms in total. The van der Waals surface area contributed by atoms with Gasteiger partial charge in [-0.2, -0.15) is 0 Å². The molecule has 0 radical (unpaired) electrons. The van der Waals surface area contributed by atoms with E-state index in [4.69, 9.17) is 9.47 Å². The number of aliphatic hydroxyl groups is 5. The third-order valence-electron chi connectivity index (χ3n) is 11.6. The molecule has 7 atom stereocenters. The Labute approximate surface area is 402 Å². The van der Waals surface area contributed by atoms with E-state index in [1.807, 2.05) is 6.08 Å². The topological polar surface area (TPSA) is 149 Å². The average molecular weight is 922 g/mol. The molecule has 0 aromatic carbocycles. The molecule has 1 aliphatic rings. The van der Waals surface area contributed by atoms with Crippen LogP contribution in [-0.4, -0.2) is 87.5 Å². The lowest BCUT2D eigenvalue weighted by molar-refractivity contribution is -0.302. The molecule has 7 unspecified atom stereocenters. The van der Waals surface area contributed by atoms with Crippen molar-refractivity contribution in [2.45, 2.75) is 230 Å². The van der Waals surface area contributed by atoms with Gasteiger partial charge in [0.1, 0.15) is 24.4 Å². The van der Waals surface area contributed by atoms with Gasteiger partial charge in [-0.3, -0.25) is 4.79 Å². The van der Waals surface area contributed by atoms with E-state index >= 15 is 0 Å². The van der Waals surface area contributed by atoms with Gasteiger partial charge in [0.25, 0.3) is 0 Å². The molecule has 9 heteroatoms. The average Bonchev–Trinajstić information content (AvgIpc) is 3.32. The smallest absolute Gasteiger partial charge is 0.220 e. The first kappa shape index (κ1) is 60.9. The van der Waals surface area contributed by atoms with Gasteiger partial charge >= 0.3 is 0 Å². The Morgan fingerprint density at radius 3 is 1.45 bits per heavy atom. The second-order valence-corrected chi connectivity index (χ2v) is 17.6. The summed E-state index contributed by atoms with van der Waals surface area (Å²) < 4.78 is 11.2. The fourth-order valence-electron chi connectivity index (χ4n) is 7.44. The molecular formula is C57H95NO8. The number of nitrogens with one attached hydrogen (secondary N) is 1. The predicted octanol–water partition coefficient (Wildman–Crippen LogP) is 12.2. The van der Waals surface area contributed by atoms with Gasteiger partial charge in [0.2, 0.25) is 5.91 Å². The minimum Gasteiger partial charge on any atom is -0.394 e. The Morgan fingerprint density at radius 1 is 0.530 bits per heavy atom. The third kappa shape index (κ3) is 35.1. The van der Waals surface area contributed by atoms with E-state index in [0.29, 0.717) is 6.42 Å². The molecule has 1 heterocycles. The van der Waals surface area contributed by atoms with Crippen molar-refractivity contribution in [3.8, 4) is 0 Å². The van der Waals surface area contributed by atoms with Crippen LogP contribution in [0.25, 0.3) is 0 Å². The summed E-state index contributed by atoms with van der Waals surface area (Å²) in [7, 11) is 0. The maximum Gasteiger partial charge on any atom is 0.220 e. The summed E-state index contributed by atoms with van der Waals surface area (Å²) in [5.41, 5.74) is 0. The van der Waals surface area contributed by atoms with Gasteiger partial charge in [0, 0.05) is 6.42 Å². The highest BCUT2D eigenvalue weighted by atomic mass is 16.7. The molecule has 0 aromatic rings. The van der Waals surface area contributed by atoms with E-state index in [-0.39, 0.29) is 12.5 Å². The minimum absolute atomic E-state index is 0.198. The highest BCUT2D eigenvalue weighted by molar-refractivity contribution is 5.76. The molecule has 0 aliphatic carbocycles. The molecular weight excluding hydrogens is 827 g/mol. The molecule has 0 spiro atoms. The number of unbranched alkanes of at least 4 members (excludes halogenated alkanes) is 16. The SMILES string of the molecule is CC/C=C\C/C=C\C/C=C\C/C=C\C/C=C\C/C=C\C/C=C\CCCCCCCCCCCCCC(=O)NC(COC1OC(CO)C(O)C(O)C1O)C(O)/C=C/CC/C=C/CCCCCC. The van der Waals surface area contributed by atoms with Crippen LogP contribution in [0.3, 0.4) is 0 Å². The molecule has 0 aromatic heterocycles. The molecule has 1 amide bonds. The lowest BCUT2D eigenvalue weighted by Gasteiger charge is -2.40. The molecule has 6 N–H and O–H groups in total. The monoisotopic (exact) mass is 922 g/mol. The number of hydrogen-bond acceptors (Lipinski definition) is 8. The first-order valence-electron chi connectivity index (χ1n) is 26.1. The van der Waals surface area contributed by atoms with Gasteiger partial charge in [-0.15, -0.1) is 0 Å². The van der Waals surface area contributed by atoms with Crippen LogP contribution in [0.15, 0.2) is 109 Å². The first-order valence-corrected chi connectivity index (χ1v) is 26.1. The van der Waals surface area contributed by atoms with Crippen molar-refractivity contribution in [3.05, 3.63) is 109 Å². The normalized spacial score (nSPS) is 20.7. The third-order valence-corrected chi connectivity index (χ3v) is 11.6. The van der Waals surface area contributed by atoms with E-state index in [2.05, 4.69) is 116 Å². The van der Waals surface area contributed by atoms with E-state index in [9.17, 15) is 30.3 Å². The van der Waals surface area contributed by atoms with Crippen LogP contribution < -0.4 is 5.32 Å². The molecule has 0 saturated carbocycles. The maximum absolute atomic E-state index is 13.0. The summed E-state index contributed by atoms with van der Waals surface area (Å²) in [6, 6.07) is -0.828. The van der Waals surface area contributed by atoms with Gasteiger partial charge in [-0.1, -0.05) is 200 Å². The van der Waals surface area contributed by atoms with Gasteiger partial charge < -0.3 is 40.3 Å². The van der Waals surface area contributed by atoms with Crippen molar-refractivity contribution < 1.29 is 39.8 Å². The number of amides is 1. The van der Waals surface area contributed by atoms with Crippen LogP contribution in [0.1, 0.15) is 187 Å². The Kier molecular flexibility index (Phi) is 42.1. The van der Waals surface area contributed by atoms with Crippen LogP contribution in [-0.2, 0) is 14.3 Å². The number of allylic oxidation sites excluding steroid dienone is 17. The number of ether oxygens (including phenoxy) is 2. The molecule has 1 aliphatic heterocycles. The van der Waals surface area contributed by atoms with Gasteiger partial charge in [-0.05, 0) is 89.9 Å². The van der Waals surface area contributed by atoms with Crippen LogP contribution >= 0.6 is 0 Å². The summed E-state index contributed by atoms with van der Waals surface area (Å²) in [5.74, 6) is -0.198. The lowest BCUT2D eigenvalue weighted by atomic mass is 9.99. The molecule has 66 heavy (non-hydrogen) atoms. The van der Waals surface area contributed by atoms with E-state index in [0.717, 1.165) is 96.3 Å². The quantitative estimate of drug-likeness (QED) is 0.0262. The van der Waals surface area contributed by atoms with Crippen molar-refractivity contribution in [1.29, 1.82) is 0 Å². The fraction of sp³-hybridized carbons (Fsp3) is 0.667. The van der Waals surface area contributed by atoms with Crippen molar-refractivity contribution >= 4 is 5.91 Å².